The van der Waals surface area contributed by atoms with Gasteiger partial charge >= 0.3 is 0 Å². The van der Waals surface area contributed by atoms with E-state index < -0.39 is 15.8 Å². The number of hydrogen-bond acceptors (Lipinski definition) is 4. The van der Waals surface area contributed by atoms with Crippen LogP contribution in [-0.2, 0) is 10.0 Å². The summed E-state index contributed by atoms with van der Waals surface area (Å²) < 4.78 is 45.7. The second kappa shape index (κ2) is 6.27. The SMILES string of the molecule is O=S(=O)(Nc1ccc(-c2nc3ccccc3o2)cc1)c1ccc(F)cc1. The van der Waals surface area contributed by atoms with Crippen molar-refractivity contribution in [2.75, 3.05) is 4.72 Å². The minimum Gasteiger partial charge on any atom is -0.436 e. The van der Waals surface area contributed by atoms with Gasteiger partial charge in [0.15, 0.2) is 5.58 Å². The highest BCUT2D eigenvalue weighted by Crippen LogP contribution is 2.26. The zero-order chi connectivity index (χ0) is 18.1. The average molecular weight is 368 g/mol. The van der Waals surface area contributed by atoms with Crippen LogP contribution in [-0.4, -0.2) is 13.4 Å². The van der Waals surface area contributed by atoms with E-state index in [1.165, 1.54) is 12.1 Å². The summed E-state index contributed by atoms with van der Waals surface area (Å²) in [5.41, 5.74) is 2.55. The van der Waals surface area contributed by atoms with E-state index in [1.807, 2.05) is 24.3 Å². The summed E-state index contributed by atoms with van der Waals surface area (Å²) in [5, 5.41) is 0. The fourth-order valence-electron chi connectivity index (χ4n) is 2.50. The van der Waals surface area contributed by atoms with Crippen LogP contribution in [0.3, 0.4) is 0 Å². The Bertz CT molecular complexity index is 1130. The van der Waals surface area contributed by atoms with E-state index in [0.717, 1.165) is 23.2 Å². The third kappa shape index (κ3) is 3.16. The number of aromatic nitrogens is 1. The average Bonchev–Trinajstić information content (AvgIpc) is 3.06. The fourth-order valence-corrected chi connectivity index (χ4v) is 3.56. The quantitative estimate of drug-likeness (QED) is 0.578. The molecule has 0 bridgehead atoms. The van der Waals surface area contributed by atoms with Crippen LogP contribution in [0.15, 0.2) is 82.1 Å². The molecule has 0 aliphatic carbocycles. The Morgan fingerprint density at radius 3 is 2.27 bits per heavy atom. The number of sulfonamides is 1. The molecule has 0 saturated carbocycles. The number of rotatable bonds is 4. The van der Waals surface area contributed by atoms with Crippen molar-refractivity contribution in [1.29, 1.82) is 0 Å². The van der Waals surface area contributed by atoms with E-state index in [2.05, 4.69) is 9.71 Å². The van der Waals surface area contributed by atoms with E-state index in [-0.39, 0.29) is 4.90 Å². The van der Waals surface area contributed by atoms with Crippen LogP contribution >= 0.6 is 0 Å². The van der Waals surface area contributed by atoms with Gasteiger partial charge < -0.3 is 4.42 Å². The minimum atomic E-state index is -3.78. The summed E-state index contributed by atoms with van der Waals surface area (Å²) in [6, 6.07) is 18.7. The molecule has 0 aliphatic rings. The highest BCUT2D eigenvalue weighted by Gasteiger charge is 2.14. The second-order valence-corrected chi connectivity index (χ2v) is 7.31. The zero-order valence-corrected chi connectivity index (χ0v) is 14.2. The Morgan fingerprint density at radius 1 is 0.885 bits per heavy atom. The van der Waals surface area contributed by atoms with Crippen LogP contribution in [0.2, 0.25) is 0 Å². The van der Waals surface area contributed by atoms with E-state index in [9.17, 15) is 12.8 Å². The molecule has 1 heterocycles. The van der Waals surface area contributed by atoms with Crippen LogP contribution in [0.4, 0.5) is 10.1 Å². The normalized spacial score (nSPS) is 11.6. The van der Waals surface area contributed by atoms with Crippen molar-refractivity contribution >= 4 is 26.8 Å². The molecule has 5 nitrogen and oxygen atoms in total. The minimum absolute atomic E-state index is 0.0121. The van der Waals surface area contributed by atoms with Crippen molar-refractivity contribution in [3.8, 4) is 11.5 Å². The molecule has 0 atom stereocenters. The number of nitrogens with one attached hydrogen (secondary N) is 1. The molecule has 4 rings (SSSR count). The van der Waals surface area contributed by atoms with Gasteiger partial charge in [-0.2, -0.15) is 0 Å². The van der Waals surface area contributed by atoms with Crippen molar-refractivity contribution in [3.63, 3.8) is 0 Å². The van der Waals surface area contributed by atoms with Gasteiger partial charge in [-0.15, -0.1) is 0 Å². The predicted molar refractivity (Wildman–Crippen MR) is 96.7 cm³/mol. The molecule has 7 heteroatoms. The zero-order valence-electron chi connectivity index (χ0n) is 13.4. The number of para-hydroxylation sites is 2. The first kappa shape index (κ1) is 16.3. The van der Waals surface area contributed by atoms with Crippen molar-refractivity contribution in [2.24, 2.45) is 0 Å². The molecule has 0 spiro atoms. The van der Waals surface area contributed by atoms with E-state index in [0.29, 0.717) is 17.2 Å². The van der Waals surface area contributed by atoms with Crippen molar-refractivity contribution in [2.45, 2.75) is 4.90 Å². The van der Waals surface area contributed by atoms with Gasteiger partial charge in [-0.25, -0.2) is 17.8 Å². The van der Waals surface area contributed by atoms with Crippen molar-refractivity contribution < 1.29 is 17.2 Å². The lowest BCUT2D eigenvalue weighted by Gasteiger charge is -2.08. The van der Waals surface area contributed by atoms with Gasteiger partial charge in [0.05, 0.1) is 4.90 Å². The molecule has 0 radical (unpaired) electrons. The van der Waals surface area contributed by atoms with E-state index >= 15 is 0 Å². The van der Waals surface area contributed by atoms with E-state index in [1.54, 1.807) is 24.3 Å². The highest BCUT2D eigenvalue weighted by molar-refractivity contribution is 7.92. The Hall–Kier alpha value is -3.19. The van der Waals surface area contributed by atoms with Crippen LogP contribution in [0, 0.1) is 5.82 Å². The summed E-state index contributed by atoms with van der Waals surface area (Å²) >= 11 is 0. The van der Waals surface area contributed by atoms with E-state index in [4.69, 9.17) is 4.42 Å². The molecule has 130 valence electrons. The largest absolute Gasteiger partial charge is 0.436 e. The van der Waals surface area contributed by atoms with Gasteiger partial charge in [-0.05, 0) is 60.7 Å². The topological polar surface area (TPSA) is 72.2 Å². The smallest absolute Gasteiger partial charge is 0.261 e. The number of oxazole rings is 1. The number of nitrogens with zero attached hydrogens (tertiary/aromatic N) is 1. The third-order valence-electron chi connectivity index (χ3n) is 3.80. The summed E-state index contributed by atoms with van der Waals surface area (Å²) in [7, 11) is -3.78. The lowest BCUT2D eigenvalue weighted by Crippen LogP contribution is -2.12. The first-order valence-electron chi connectivity index (χ1n) is 7.76. The number of benzene rings is 3. The molecule has 0 unspecified atom stereocenters. The van der Waals surface area contributed by atoms with Gasteiger partial charge in [0.25, 0.3) is 10.0 Å². The summed E-state index contributed by atoms with van der Waals surface area (Å²) in [4.78, 5) is 4.39. The molecule has 26 heavy (non-hydrogen) atoms. The molecule has 0 fully saturated rings. The second-order valence-electron chi connectivity index (χ2n) is 5.62. The lowest BCUT2D eigenvalue weighted by atomic mass is 10.2. The molecule has 0 aliphatic heterocycles. The molecule has 1 aromatic heterocycles. The first-order valence-corrected chi connectivity index (χ1v) is 9.24. The number of hydrogen-bond donors (Lipinski definition) is 1. The Balaban J connectivity index is 1.58. The molecular formula is C19H13FN2O3S. The van der Waals surface area contributed by atoms with Gasteiger partial charge in [0.1, 0.15) is 11.3 Å². The third-order valence-corrected chi connectivity index (χ3v) is 5.20. The predicted octanol–water partition coefficient (Wildman–Crippen LogP) is 4.43. The van der Waals surface area contributed by atoms with Gasteiger partial charge in [-0.3, -0.25) is 4.72 Å². The summed E-state index contributed by atoms with van der Waals surface area (Å²) in [6.45, 7) is 0. The van der Waals surface area contributed by atoms with Crippen LogP contribution in [0.25, 0.3) is 22.6 Å². The van der Waals surface area contributed by atoms with Crippen LogP contribution in [0.5, 0.6) is 0 Å². The number of anilines is 1. The highest BCUT2D eigenvalue weighted by atomic mass is 32.2. The van der Waals surface area contributed by atoms with Crippen LogP contribution in [0.1, 0.15) is 0 Å². The molecule has 4 aromatic rings. The number of fused-ring (bicyclic) bond motifs is 1. The van der Waals surface area contributed by atoms with Gasteiger partial charge in [0, 0.05) is 11.3 Å². The fraction of sp³-hybridized carbons (Fsp3) is 0. The number of halogens is 1. The Morgan fingerprint density at radius 2 is 1.58 bits per heavy atom. The molecular weight excluding hydrogens is 355 g/mol. The summed E-state index contributed by atoms with van der Waals surface area (Å²) in [6.07, 6.45) is 0. The molecule has 3 aromatic carbocycles. The maximum atomic E-state index is 13.0. The molecule has 0 saturated heterocycles. The Kier molecular flexibility index (Phi) is 3.93. The van der Waals surface area contributed by atoms with Crippen LogP contribution < -0.4 is 4.72 Å². The lowest BCUT2D eigenvalue weighted by molar-refractivity contribution is 0.599. The van der Waals surface area contributed by atoms with Crippen molar-refractivity contribution in [3.05, 3.63) is 78.6 Å². The summed E-state index contributed by atoms with van der Waals surface area (Å²) in [5.74, 6) is -0.0363. The Labute approximate surface area is 149 Å². The maximum Gasteiger partial charge on any atom is 0.261 e. The van der Waals surface area contributed by atoms with Gasteiger partial charge in [-0.1, -0.05) is 12.1 Å². The standard InChI is InChI=1S/C19H13FN2O3S/c20-14-7-11-16(12-8-14)26(23,24)22-15-9-5-13(6-10-15)19-21-17-3-1-2-4-18(17)25-19/h1-12,22H. The maximum absolute atomic E-state index is 13.0. The van der Waals surface area contributed by atoms with Gasteiger partial charge in [0.2, 0.25) is 5.89 Å². The van der Waals surface area contributed by atoms with Crippen molar-refractivity contribution in [1.82, 2.24) is 4.98 Å². The molecule has 0 amide bonds. The monoisotopic (exact) mass is 368 g/mol. The molecule has 1 N–H and O–H groups in total. The first-order chi connectivity index (χ1) is 12.5.